The van der Waals surface area contributed by atoms with Crippen LogP contribution in [0.2, 0.25) is 0 Å². The van der Waals surface area contributed by atoms with Crippen LogP contribution in [-0.4, -0.2) is 14.4 Å². The number of hydrogen-bond donors (Lipinski definition) is 0. The fraction of sp³-hybridized carbons (Fsp3) is 0. The van der Waals surface area contributed by atoms with Gasteiger partial charge in [0.25, 0.3) is 0 Å². The molecule has 0 aliphatic heterocycles. The number of aromatic nitrogens is 3. The molecule has 0 atom stereocenters. The Balaban J connectivity index is 1.94. The molecule has 3 nitrogen and oxygen atoms in total. The SMILES string of the molecule is c1ccc(-c2ncc3c4ccccc4nc(-c4ccccc4)n23)cc1. The van der Waals surface area contributed by atoms with Gasteiger partial charge in [0.05, 0.1) is 17.2 Å². The predicted octanol–water partition coefficient (Wildman–Crippen LogP) is 5.22. The van der Waals surface area contributed by atoms with Crippen LogP contribution in [0.15, 0.2) is 91.1 Å². The number of fused-ring (bicyclic) bond motifs is 3. The van der Waals surface area contributed by atoms with E-state index in [-0.39, 0.29) is 0 Å². The molecule has 0 spiro atoms. The largest absolute Gasteiger partial charge is 0.276 e. The number of para-hydroxylation sites is 1. The van der Waals surface area contributed by atoms with Crippen molar-refractivity contribution in [3.05, 3.63) is 91.1 Å². The predicted molar refractivity (Wildman–Crippen MR) is 101 cm³/mol. The molecule has 0 radical (unpaired) electrons. The number of imidazole rings is 1. The molecule has 2 aromatic heterocycles. The second-order valence-corrected chi connectivity index (χ2v) is 5.99. The molecule has 0 aliphatic rings. The minimum Gasteiger partial charge on any atom is -0.276 e. The van der Waals surface area contributed by atoms with Gasteiger partial charge in [-0.05, 0) is 6.07 Å². The van der Waals surface area contributed by atoms with Crippen LogP contribution in [-0.2, 0) is 0 Å². The standard InChI is InChI=1S/C22H15N3/c1-3-9-16(10-4-1)21-23-15-20-18-13-7-8-14-19(18)24-22(25(20)21)17-11-5-2-6-12-17/h1-15H. The van der Waals surface area contributed by atoms with E-state index in [1.54, 1.807) is 0 Å². The van der Waals surface area contributed by atoms with Crippen LogP contribution >= 0.6 is 0 Å². The van der Waals surface area contributed by atoms with E-state index in [1.807, 2.05) is 54.7 Å². The van der Waals surface area contributed by atoms with Gasteiger partial charge in [0, 0.05) is 16.5 Å². The molecule has 3 aromatic carbocycles. The summed E-state index contributed by atoms with van der Waals surface area (Å²) >= 11 is 0. The van der Waals surface area contributed by atoms with E-state index >= 15 is 0 Å². The maximum Gasteiger partial charge on any atom is 0.146 e. The Morgan fingerprint density at radius 1 is 0.600 bits per heavy atom. The smallest absolute Gasteiger partial charge is 0.146 e. The van der Waals surface area contributed by atoms with Crippen LogP contribution in [0.3, 0.4) is 0 Å². The molecule has 118 valence electrons. The molecule has 0 N–H and O–H groups in total. The number of hydrogen-bond acceptors (Lipinski definition) is 2. The average Bonchev–Trinajstić information content (AvgIpc) is 3.14. The van der Waals surface area contributed by atoms with E-state index < -0.39 is 0 Å². The van der Waals surface area contributed by atoms with Crippen LogP contribution in [0.1, 0.15) is 0 Å². The number of nitrogens with zero attached hydrogens (tertiary/aromatic N) is 3. The van der Waals surface area contributed by atoms with Gasteiger partial charge in [0.2, 0.25) is 0 Å². The molecule has 0 amide bonds. The van der Waals surface area contributed by atoms with Crippen molar-refractivity contribution in [2.75, 3.05) is 0 Å². The number of rotatable bonds is 2. The first-order valence-corrected chi connectivity index (χ1v) is 8.29. The molecule has 0 saturated carbocycles. The summed E-state index contributed by atoms with van der Waals surface area (Å²) in [6.45, 7) is 0. The van der Waals surface area contributed by atoms with Gasteiger partial charge in [-0.3, -0.25) is 4.40 Å². The zero-order valence-electron chi connectivity index (χ0n) is 13.5. The molecular formula is C22H15N3. The average molecular weight is 321 g/mol. The van der Waals surface area contributed by atoms with E-state index in [1.165, 1.54) is 0 Å². The summed E-state index contributed by atoms with van der Waals surface area (Å²) in [6, 6.07) is 28.7. The highest BCUT2D eigenvalue weighted by molar-refractivity contribution is 5.96. The van der Waals surface area contributed by atoms with Gasteiger partial charge in [-0.1, -0.05) is 78.9 Å². The summed E-state index contributed by atoms with van der Waals surface area (Å²) in [5.74, 6) is 1.82. The van der Waals surface area contributed by atoms with E-state index in [4.69, 9.17) is 9.97 Å². The third-order valence-corrected chi connectivity index (χ3v) is 4.44. The van der Waals surface area contributed by atoms with Gasteiger partial charge in [0.1, 0.15) is 11.6 Å². The van der Waals surface area contributed by atoms with Crippen molar-refractivity contribution >= 4 is 16.4 Å². The molecule has 0 aliphatic carbocycles. The zero-order chi connectivity index (χ0) is 16.6. The van der Waals surface area contributed by atoms with Crippen molar-refractivity contribution in [3.8, 4) is 22.8 Å². The Kier molecular flexibility index (Phi) is 3.10. The van der Waals surface area contributed by atoms with Gasteiger partial charge in [-0.2, -0.15) is 0 Å². The second kappa shape index (κ2) is 5.56. The maximum absolute atomic E-state index is 4.95. The number of benzene rings is 3. The van der Waals surface area contributed by atoms with Crippen LogP contribution < -0.4 is 0 Å². The minimum atomic E-state index is 0.908. The molecule has 0 fully saturated rings. The van der Waals surface area contributed by atoms with Crippen molar-refractivity contribution in [2.24, 2.45) is 0 Å². The first-order valence-electron chi connectivity index (χ1n) is 8.29. The summed E-state index contributed by atoms with van der Waals surface area (Å²) in [5.41, 5.74) is 4.21. The van der Waals surface area contributed by atoms with Crippen molar-refractivity contribution in [1.82, 2.24) is 14.4 Å². The van der Waals surface area contributed by atoms with Crippen molar-refractivity contribution in [1.29, 1.82) is 0 Å². The second-order valence-electron chi connectivity index (χ2n) is 5.99. The van der Waals surface area contributed by atoms with E-state index in [9.17, 15) is 0 Å². The lowest BCUT2D eigenvalue weighted by molar-refractivity contribution is 1.12. The highest BCUT2D eigenvalue weighted by Gasteiger charge is 2.15. The Labute approximate surface area is 145 Å². The van der Waals surface area contributed by atoms with Crippen LogP contribution in [0, 0.1) is 0 Å². The van der Waals surface area contributed by atoms with Gasteiger partial charge in [-0.25, -0.2) is 9.97 Å². The first kappa shape index (κ1) is 13.9. The third kappa shape index (κ3) is 2.21. The van der Waals surface area contributed by atoms with Crippen molar-refractivity contribution in [2.45, 2.75) is 0 Å². The Hall–Kier alpha value is -3.46. The van der Waals surface area contributed by atoms with Gasteiger partial charge in [-0.15, -0.1) is 0 Å². The fourth-order valence-corrected chi connectivity index (χ4v) is 3.28. The van der Waals surface area contributed by atoms with Crippen molar-refractivity contribution in [3.63, 3.8) is 0 Å². The Morgan fingerprint density at radius 2 is 1.20 bits per heavy atom. The molecule has 3 heteroatoms. The lowest BCUT2D eigenvalue weighted by Gasteiger charge is -2.11. The molecule has 5 rings (SSSR count). The highest BCUT2D eigenvalue weighted by Crippen LogP contribution is 2.30. The Bertz CT molecular complexity index is 1180. The van der Waals surface area contributed by atoms with E-state index in [2.05, 4.69) is 40.8 Å². The Morgan fingerprint density at radius 3 is 1.92 bits per heavy atom. The lowest BCUT2D eigenvalue weighted by Crippen LogP contribution is -1.99. The van der Waals surface area contributed by atoms with Gasteiger partial charge in [0.15, 0.2) is 0 Å². The van der Waals surface area contributed by atoms with Crippen LogP contribution in [0.5, 0.6) is 0 Å². The normalized spacial score (nSPS) is 11.2. The maximum atomic E-state index is 4.95. The van der Waals surface area contributed by atoms with Gasteiger partial charge >= 0.3 is 0 Å². The van der Waals surface area contributed by atoms with E-state index in [0.29, 0.717) is 0 Å². The summed E-state index contributed by atoms with van der Waals surface area (Å²) in [5, 5.41) is 1.11. The fourth-order valence-electron chi connectivity index (χ4n) is 3.28. The molecule has 0 saturated heterocycles. The molecular weight excluding hydrogens is 306 g/mol. The minimum absolute atomic E-state index is 0.908. The molecule has 2 heterocycles. The third-order valence-electron chi connectivity index (χ3n) is 4.44. The van der Waals surface area contributed by atoms with Crippen LogP contribution in [0.25, 0.3) is 39.2 Å². The summed E-state index contributed by atoms with van der Waals surface area (Å²) in [6.07, 6.45) is 1.94. The highest BCUT2D eigenvalue weighted by atomic mass is 15.1. The van der Waals surface area contributed by atoms with Crippen molar-refractivity contribution < 1.29 is 0 Å². The zero-order valence-corrected chi connectivity index (χ0v) is 13.5. The topological polar surface area (TPSA) is 30.2 Å². The molecule has 5 aromatic rings. The molecule has 0 bridgehead atoms. The monoisotopic (exact) mass is 321 g/mol. The quantitative estimate of drug-likeness (QED) is 0.446. The summed E-state index contributed by atoms with van der Waals surface area (Å²) in [7, 11) is 0. The molecule has 0 unspecified atom stereocenters. The molecule has 25 heavy (non-hydrogen) atoms. The van der Waals surface area contributed by atoms with Gasteiger partial charge < -0.3 is 0 Å². The lowest BCUT2D eigenvalue weighted by atomic mass is 10.1. The summed E-state index contributed by atoms with van der Waals surface area (Å²) in [4.78, 5) is 9.68. The summed E-state index contributed by atoms with van der Waals surface area (Å²) < 4.78 is 2.16. The van der Waals surface area contributed by atoms with E-state index in [0.717, 1.165) is 39.2 Å². The van der Waals surface area contributed by atoms with Crippen LogP contribution in [0.4, 0.5) is 0 Å². The first-order chi connectivity index (χ1) is 12.4.